The van der Waals surface area contributed by atoms with Gasteiger partial charge in [-0.2, -0.15) is 0 Å². The zero-order valence-corrected chi connectivity index (χ0v) is 8.62. The predicted octanol–water partition coefficient (Wildman–Crippen LogP) is 1.06. The van der Waals surface area contributed by atoms with Crippen molar-refractivity contribution in [3.8, 4) is 0 Å². The van der Waals surface area contributed by atoms with Crippen LogP contribution in [0.1, 0.15) is 20.8 Å². The summed E-state index contributed by atoms with van der Waals surface area (Å²) in [6.45, 7) is 5.81. The van der Waals surface area contributed by atoms with Gasteiger partial charge >= 0.3 is 0 Å². The predicted molar refractivity (Wildman–Crippen MR) is 49.5 cm³/mol. The number of ether oxygens (including phenoxy) is 2. The minimum absolute atomic E-state index is 0.0897. The molecule has 14 heavy (non-hydrogen) atoms. The van der Waals surface area contributed by atoms with Crippen LogP contribution >= 0.6 is 0 Å². The van der Waals surface area contributed by atoms with Crippen LogP contribution in [0.3, 0.4) is 0 Å². The van der Waals surface area contributed by atoms with Crippen molar-refractivity contribution in [1.29, 1.82) is 0 Å². The van der Waals surface area contributed by atoms with Crippen LogP contribution in [-0.4, -0.2) is 24.8 Å². The standard InChI is InChI=1S/C10H14O4/c1-4-13-9-7(11)6(3)8(12)10(9)14-5-2/h6H,4-5H2,1-3H3. The van der Waals surface area contributed by atoms with Crippen LogP contribution in [0, 0.1) is 5.92 Å². The number of ketones is 2. The molecule has 0 aromatic heterocycles. The molecule has 0 bridgehead atoms. The summed E-state index contributed by atoms with van der Waals surface area (Å²) in [5.74, 6) is -1.03. The second-order valence-corrected chi connectivity index (χ2v) is 2.97. The van der Waals surface area contributed by atoms with Crippen LogP contribution in [0.2, 0.25) is 0 Å². The molecule has 0 aromatic rings. The highest BCUT2D eigenvalue weighted by atomic mass is 16.5. The molecule has 0 aliphatic heterocycles. The third-order valence-corrected chi connectivity index (χ3v) is 2.02. The summed E-state index contributed by atoms with van der Waals surface area (Å²) in [5.41, 5.74) is 0. The minimum atomic E-state index is -0.655. The van der Waals surface area contributed by atoms with Gasteiger partial charge in [-0.15, -0.1) is 0 Å². The molecule has 0 N–H and O–H groups in total. The average molecular weight is 198 g/mol. The van der Waals surface area contributed by atoms with Crippen LogP contribution in [0.5, 0.6) is 0 Å². The lowest BCUT2D eigenvalue weighted by molar-refractivity contribution is -0.127. The topological polar surface area (TPSA) is 52.6 Å². The van der Waals surface area contributed by atoms with Crippen LogP contribution in [0.4, 0.5) is 0 Å². The molecule has 1 aliphatic carbocycles. The third kappa shape index (κ3) is 1.64. The Balaban J connectivity index is 2.98. The molecule has 0 heterocycles. The summed E-state index contributed by atoms with van der Waals surface area (Å²) in [4.78, 5) is 23.0. The van der Waals surface area contributed by atoms with Crippen molar-refractivity contribution in [3.63, 3.8) is 0 Å². The summed E-state index contributed by atoms with van der Waals surface area (Å²) >= 11 is 0. The van der Waals surface area contributed by atoms with Gasteiger partial charge in [-0.1, -0.05) is 0 Å². The fraction of sp³-hybridized carbons (Fsp3) is 0.600. The Morgan fingerprint density at radius 1 is 1.00 bits per heavy atom. The molecule has 0 saturated heterocycles. The molecule has 78 valence electrons. The van der Waals surface area contributed by atoms with E-state index in [1.54, 1.807) is 20.8 Å². The number of Topliss-reactive ketones (excluding diaryl/α,β-unsaturated/α-hetero) is 2. The van der Waals surface area contributed by atoms with E-state index in [1.165, 1.54) is 0 Å². The maximum atomic E-state index is 11.5. The molecule has 0 aromatic carbocycles. The maximum Gasteiger partial charge on any atom is 0.212 e. The van der Waals surface area contributed by atoms with Gasteiger partial charge in [-0.05, 0) is 20.8 Å². The third-order valence-electron chi connectivity index (χ3n) is 2.02. The van der Waals surface area contributed by atoms with Crippen LogP contribution in [-0.2, 0) is 19.1 Å². The Hall–Kier alpha value is -1.32. The highest BCUT2D eigenvalue weighted by molar-refractivity contribution is 6.22. The first-order chi connectivity index (χ1) is 6.63. The van der Waals surface area contributed by atoms with Crippen molar-refractivity contribution in [2.75, 3.05) is 13.2 Å². The largest absolute Gasteiger partial charge is 0.487 e. The number of allylic oxidation sites excluding steroid dienone is 2. The Bertz CT molecular complexity index is 262. The molecule has 0 fully saturated rings. The van der Waals surface area contributed by atoms with E-state index >= 15 is 0 Å². The molecular formula is C10H14O4. The van der Waals surface area contributed by atoms with E-state index in [1.807, 2.05) is 0 Å². The Morgan fingerprint density at radius 3 is 1.64 bits per heavy atom. The van der Waals surface area contributed by atoms with E-state index in [-0.39, 0.29) is 23.1 Å². The molecule has 0 amide bonds. The van der Waals surface area contributed by atoms with Crippen LogP contribution in [0.25, 0.3) is 0 Å². The number of rotatable bonds is 4. The van der Waals surface area contributed by atoms with Crippen molar-refractivity contribution in [1.82, 2.24) is 0 Å². The van der Waals surface area contributed by atoms with Gasteiger partial charge in [0.05, 0.1) is 19.1 Å². The molecule has 4 nitrogen and oxygen atoms in total. The van der Waals surface area contributed by atoms with Gasteiger partial charge in [-0.3, -0.25) is 9.59 Å². The van der Waals surface area contributed by atoms with Crippen LogP contribution < -0.4 is 0 Å². The lowest BCUT2D eigenvalue weighted by atomic mass is 10.1. The first-order valence-corrected chi connectivity index (χ1v) is 4.71. The summed E-state index contributed by atoms with van der Waals surface area (Å²) < 4.78 is 10.2. The second-order valence-electron chi connectivity index (χ2n) is 2.97. The second kappa shape index (κ2) is 4.26. The van der Waals surface area contributed by atoms with E-state index < -0.39 is 5.92 Å². The zero-order valence-electron chi connectivity index (χ0n) is 8.62. The van der Waals surface area contributed by atoms with Gasteiger partial charge in [0.2, 0.25) is 23.1 Å². The monoisotopic (exact) mass is 198 g/mol. The van der Waals surface area contributed by atoms with Gasteiger partial charge in [0.25, 0.3) is 0 Å². The number of carbonyl (C=O) groups excluding carboxylic acids is 2. The number of hydrogen-bond donors (Lipinski definition) is 0. The van der Waals surface area contributed by atoms with Crippen molar-refractivity contribution in [2.45, 2.75) is 20.8 Å². The number of carbonyl (C=O) groups is 2. The molecule has 0 saturated carbocycles. The summed E-state index contributed by atoms with van der Waals surface area (Å²) in [5, 5.41) is 0. The molecule has 0 radical (unpaired) electrons. The van der Waals surface area contributed by atoms with Crippen molar-refractivity contribution in [3.05, 3.63) is 11.5 Å². The smallest absolute Gasteiger partial charge is 0.212 e. The molecule has 1 rings (SSSR count). The lowest BCUT2D eigenvalue weighted by Gasteiger charge is -2.05. The van der Waals surface area contributed by atoms with E-state index in [0.29, 0.717) is 13.2 Å². The van der Waals surface area contributed by atoms with E-state index in [2.05, 4.69) is 0 Å². The first-order valence-electron chi connectivity index (χ1n) is 4.71. The van der Waals surface area contributed by atoms with E-state index in [9.17, 15) is 9.59 Å². The van der Waals surface area contributed by atoms with Crippen molar-refractivity contribution in [2.24, 2.45) is 5.92 Å². The summed E-state index contributed by atoms with van der Waals surface area (Å²) in [7, 11) is 0. The molecular weight excluding hydrogens is 184 g/mol. The van der Waals surface area contributed by atoms with Crippen molar-refractivity contribution < 1.29 is 19.1 Å². The highest BCUT2D eigenvalue weighted by Crippen LogP contribution is 2.26. The molecule has 1 aliphatic rings. The Labute approximate surface area is 82.9 Å². The van der Waals surface area contributed by atoms with Gasteiger partial charge in [0.1, 0.15) is 0 Å². The fourth-order valence-corrected chi connectivity index (χ4v) is 1.30. The Morgan fingerprint density at radius 2 is 1.36 bits per heavy atom. The van der Waals surface area contributed by atoms with Gasteiger partial charge in [-0.25, -0.2) is 0 Å². The average Bonchev–Trinajstić information content (AvgIpc) is 2.36. The molecule has 0 atom stereocenters. The van der Waals surface area contributed by atoms with Gasteiger partial charge in [0.15, 0.2) is 0 Å². The van der Waals surface area contributed by atoms with Crippen LogP contribution in [0.15, 0.2) is 11.5 Å². The summed E-state index contributed by atoms with van der Waals surface area (Å²) in [6.07, 6.45) is 0. The maximum absolute atomic E-state index is 11.5. The Kier molecular flexibility index (Phi) is 3.28. The van der Waals surface area contributed by atoms with Gasteiger partial charge < -0.3 is 9.47 Å². The van der Waals surface area contributed by atoms with E-state index in [4.69, 9.17) is 9.47 Å². The highest BCUT2D eigenvalue weighted by Gasteiger charge is 2.40. The van der Waals surface area contributed by atoms with Crippen molar-refractivity contribution >= 4 is 11.6 Å². The summed E-state index contributed by atoms with van der Waals surface area (Å²) in [6, 6.07) is 0. The zero-order chi connectivity index (χ0) is 10.7. The SMILES string of the molecule is CCOC1=C(OCC)C(=O)C(C)C1=O. The fourth-order valence-electron chi connectivity index (χ4n) is 1.30. The first kappa shape index (κ1) is 10.8. The lowest BCUT2D eigenvalue weighted by Crippen LogP contribution is -2.14. The van der Waals surface area contributed by atoms with E-state index in [0.717, 1.165) is 0 Å². The molecule has 0 unspecified atom stereocenters. The van der Waals surface area contributed by atoms with Gasteiger partial charge in [0, 0.05) is 0 Å². The quantitative estimate of drug-likeness (QED) is 0.634. The molecule has 4 heteroatoms. The minimum Gasteiger partial charge on any atom is -0.487 e. The normalized spacial score (nSPS) is 17.9. The molecule has 0 spiro atoms. The number of hydrogen-bond acceptors (Lipinski definition) is 4.